The quantitative estimate of drug-likeness (QED) is 0.0614. The van der Waals surface area contributed by atoms with Gasteiger partial charge >= 0.3 is 0 Å². The summed E-state index contributed by atoms with van der Waals surface area (Å²) >= 11 is 0. The summed E-state index contributed by atoms with van der Waals surface area (Å²) in [4.78, 5) is 3.08. The number of H-pyrrole nitrogens is 1. The third-order valence-corrected chi connectivity index (χ3v) is 11.0. The van der Waals surface area contributed by atoms with Crippen molar-refractivity contribution in [3.05, 3.63) is 82.7 Å². The van der Waals surface area contributed by atoms with Crippen LogP contribution in [0.1, 0.15) is 104 Å². The van der Waals surface area contributed by atoms with Crippen molar-refractivity contribution < 1.29 is 34.6 Å². The number of methoxy groups -OCH3 is 1. The number of phenolic OH excluding ortho intramolecular Hbond substituents is 3. The smallest absolute Gasteiger partial charge is 0.200 e. The molecule has 2 heterocycles. The second kappa shape index (κ2) is 16.5. The Morgan fingerprint density at radius 1 is 1.00 bits per heavy atom. The summed E-state index contributed by atoms with van der Waals surface area (Å²) in [5, 5.41) is 47.3. The van der Waals surface area contributed by atoms with E-state index in [9.17, 15) is 20.4 Å². The molecule has 6 rings (SSSR count). The Hall–Kier alpha value is -3.50. The van der Waals surface area contributed by atoms with Crippen LogP contribution >= 0.6 is 0 Å². The van der Waals surface area contributed by atoms with Gasteiger partial charge in [0.05, 0.1) is 25.4 Å². The van der Waals surface area contributed by atoms with Crippen molar-refractivity contribution in [2.75, 3.05) is 33.4 Å². The minimum Gasteiger partial charge on any atom is -0.508 e. The average Bonchev–Trinajstić information content (AvgIpc) is 3.63. The number of nitrogens with one attached hydrogen (secondary N) is 2. The molecule has 0 radical (unpaired) electrons. The summed E-state index contributed by atoms with van der Waals surface area (Å²) in [5.74, 6) is 1.02. The molecule has 1 saturated carbocycles. The molecule has 0 spiro atoms. The van der Waals surface area contributed by atoms with E-state index < -0.39 is 12.2 Å². The third-order valence-electron chi connectivity index (χ3n) is 11.0. The molecule has 2 aromatic carbocycles. The Bertz CT molecular complexity index is 1540. The molecule has 1 saturated heterocycles. The molecule has 2 fully saturated rings. The van der Waals surface area contributed by atoms with E-state index in [1.165, 1.54) is 12.7 Å². The van der Waals surface area contributed by atoms with Crippen molar-refractivity contribution in [3.63, 3.8) is 0 Å². The molecule has 1 aliphatic heterocycles. The van der Waals surface area contributed by atoms with Crippen LogP contribution in [0.5, 0.6) is 23.0 Å². The number of aliphatic hydroxyl groups is 1. The van der Waals surface area contributed by atoms with Gasteiger partial charge in [-0.05, 0) is 112 Å². The van der Waals surface area contributed by atoms with Crippen LogP contribution in [0.2, 0.25) is 0 Å². The molecule has 0 bridgehead atoms. The predicted molar refractivity (Wildman–Crippen MR) is 190 cm³/mol. The Kier molecular flexibility index (Phi) is 11.9. The van der Waals surface area contributed by atoms with Gasteiger partial charge < -0.3 is 44.9 Å². The molecule has 0 amide bonds. The van der Waals surface area contributed by atoms with Crippen LogP contribution in [0.25, 0.3) is 0 Å². The van der Waals surface area contributed by atoms with Crippen molar-refractivity contribution in [1.29, 1.82) is 0 Å². The van der Waals surface area contributed by atoms with Crippen molar-refractivity contribution in [2.24, 2.45) is 11.8 Å². The minimum atomic E-state index is -0.550. The fourth-order valence-corrected chi connectivity index (χ4v) is 8.40. The highest BCUT2D eigenvalue weighted by Gasteiger charge is 2.43. The number of aromatic hydroxyl groups is 3. The van der Waals surface area contributed by atoms with Crippen LogP contribution in [-0.4, -0.2) is 71.0 Å². The lowest BCUT2D eigenvalue weighted by Gasteiger charge is -2.45. The summed E-state index contributed by atoms with van der Waals surface area (Å²) in [6, 6.07) is 9.64. The van der Waals surface area contributed by atoms with Crippen molar-refractivity contribution >= 4 is 0 Å². The molecule has 1 aromatic heterocycles. The van der Waals surface area contributed by atoms with E-state index in [0.29, 0.717) is 24.5 Å². The number of hydrogen-bond acceptors (Lipinski definition) is 8. The van der Waals surface area contributed by atoms with Gasteiger partial charge in [-0.3, -0.25) is 0 Å². The van der Waals surface area contributed by atoms with Crippen LogP contribution in [0.3, 0.4) is 0 Å². The summed E-state index contributed by atoms with van der Waals surface area (Å²) in [6.45, 7) is 5.56. The van der Waals surface area contributed by atoms with Crippen LogP contribution in [-0.2, 0) is 15.9 Å². The summed E-state index contributed by atoms with van der Waals surface area (Å²) in [6.07, 6.45) is 14.8. The number of fused-ring (bicyclic) bond motifs is 1. The number of aromatic amines is 1. The zero-order valence-corrected chi connectivity index (χ0v) is 28.9. The lowest BCUT2D eigenvalue weighted by atomic mass is 9.71. The maximum atomic E-state index is 11.4. The van der Waals surface area contributed by atoms with Crippen LogP contribution < -0.4 is 10.1 Å². The van der Waals surface area contributed by atoms with Gasteiger partial charge in [0.25, 0.3) is 0 Å². The second-order valence-electron chi connectivity index (χ2n) is 14.2. The van der Waals surface area contributed by atoms with Gasteiger partial charge in [0.1, 0.15) is 5.75 Å². The Morgan fingerprint density at radius 3 is 2.67 bits per heavy atom. The normalized spacial score (nSPS) is 26.8. The first kappa shape index (κ1) is 35.3. The highest BCUT2D eigenvalue weighted by Crippen LogP contribution is 2.50. The topological polar surface area (TPSA) is 136 Å². The van der Waals surface area contributed by atoms with E-state index in [2.05, 4.69) is 34.6 Å². The van der Waals surface area contributed by atoms with E-state index in [0.717, 1.165) is 93.5 Å². The van der Waals surface area contributed by atoms with E-state index in [-0.39, 0.29) is 41.1 Å². The minimum absolute atomic E-state index is 0.0274. The van der Waals surface area contributed by atoms with E-state index in [4.69, 9.17) is 14.2 Å². The Labute approximate surface area is 290 Å². The van der Waals surface area contributed by atoms with Crippen molar-refractivity contribution in [3.8, 4) is 23.0 Å². The van der Waals surface area contributed by atoms with E-state index >= 15 is 0 Å². The van der Waals surface area contributed by atoms with E-state index in [1.54, 1.807) is 6.07 Å². The van der Waals surface area contributed by atoms with Crippen molar-refractivity contribution in [1.82, 2.24) is 10.3 Å². The van der Waals surface area contributed by atoms with Crippen LogP contribution in [0, 0.1) is 11.8 Å². The maximum Gasteiger partial charge on any atom is 0.200 e. The first-order valence-electron chi connectivity index (χ1n) is 18.2. The zero-order valence-electron chi connectivity index (χ0n) is 28.9. The van der Waals surface area contributed by atoms with Gasteiger partial charge in [-0.2, -0.15) is 0 Å². The molecule has 266 valence electrons. The summed E-state index contributed by atoms with van der Waals surface area (Å²) in [7, 11) is 1.48. The van der Waals surface area contributed by atoms with Gasteiger partial charge in [-0.15, -0.1) is 0 Å². The SMILES string of the molecule is CCOCCCNCCC1CC=CC(c2cc(C3CCC4C(O)CC(c5cc(O)c(O)c(OC)c5Cc5cc[nH]c5)OC4C3)ccc2O)C1. The Morgan fingerprint density at radius 2 is 1.88 bits per heavy atom. The maximum absolute atomic E-state index is 11.4. The molecule has 9 nitrogen and oxygen atoms in total. The summed E-state index contributed by atoms with van der Waals surface area (Å²) in [5.41, 5.74) is 4.66. The molecule has 2 aliphatic carbocycles. The molecule has 3 aromatic rings. The van der Waals surface area contributed by atoms with E-state index in [1.807, 2.05) is 31.5 Å². The number of ether oxygens (including phenoxy) is 3. The molecule has 3 aliphatic rings. The average molecular weight is 675 g/mol. The molecular formula is C40H54N2O7. The van der Waals surface area contributed by atoms with Gasteiger partial charge in [-0.25, -0.2) is 0 Å². The molecule has 49 heavy (non-hydrogen) atoms. The van der Waals surface area contributed by atoms with Gasteiger partial charge in [0.15, 0.2) is 11.5 Å². The first-order chi connectivity index (χ1) is 23.9. The van der Waals surface area contributed by atoms with Gasteiger partial charge in [-0.1, -0.05) is 24.3 Å². The second-order valence-corrected chi connectivity index (χ2v) is 14.2. The molecule has 6 N–H and O–H groups in total. The lowest BCUT2D eigenvalue weighted by molar-refractivity contribution is -0.154. The molecule has 7 atom stereocenters. The number of allylic oxidation sites excluding steroid dienone is 2. The number of aromatic nitrogens is 1. The highest BCUT2D eigenvalue weighted by molar-refractivity contribution is 5.59. The first-order valence-corrected chi connectivity index (χ1v) is 18.2. The third kappa shape index (κ3) is 8.28. The number of aliphatic hydroxyl groups excluding tert-OH is 1. The molecule has 7 unspecified atom stereocenters. The molecular weight excluding hydrogens is 620 g/mol. The predicted octanol–water partition coefficient (Wildman–Crippen LogP) is 6.96. The van der Waals surface area contributed by atoms with Crippen LogP contribution in [0.15, 0.2) is 54.9 Å². The van der Waals surface area contributed by atoms with Crippen molar-refractivity contribution in [2.45, 2.75) is 94.9 Å². The number of hydrogen-bond donors (Lipinski definition) is 6. The fraction of sp³-hybridized carbons (Fsp3) is 0.550. The monoisotopic (exact) mass is 674 g/mol. The number of benzene rings is 2. The molecule has 9 heteroatoms. The van der Waals surface area contributed by atoms with Gasteiger partial charge in [0, 0.05) is 61.4 Å². The van der Waals surface area contributed by atoms with Gasteiger partial charge in [0.2, 0.25) is 5.75 Å². The lowest BCUT2D eigenvalue weighted by Crippen LogP contribution is -2.44. The summed E-state index contributed by atoms with van der Waals surface area (Å²) < 4.78 is 17.8. The Balaban J connectivity index is 1.14. The van der Waals surface area contributed by atoms with Crippen LogP contribution in [0.4, 0.5) is 0 Å². The largest absolute Gasteiger partial charge is 0.508 e. The zero-order chi connectivity index (χ0) is 34.3. The number of rotatable bonds is 14. The highest BCUT2D eigenvalue weighted by atomic mass is 16.5. The standard InChI is InChI=1S/C40H54N2O7/c1-3-48-17-5-14-41-15-12-25-6-4-7-29(18-25)31-20-27(9-11-34(31)43)28-8-10-30-35(44)23-38(49-37(30)21-28)32-22-36(45)39(46)40(47-2)33(32)19-26-13-16-42-24-26/h4,7,9,11,13,16,20,22,24-25,28-30,35,37-38,41-46H,3,5-6,8,10,12,14-15,17-19,21,23H2,1-2H3. The fourth-order valence-electron chi connectivity index (χ4n) is 8.40. The number of phenols is 3.